The number of hydrogen-bond donors (Lipinski definition) is 4. The maximum atomic E-state index is 14.6. The van der Waals surface area contributed by atoms with Crippen LogP contribution in [0.4, 0.5) is 4.79 Å². The number of carbonyl (C=O) groups excluding carboxylic acids is 4. The van der Waals surface area contributed by atoms with Crippen molar-refractivity contribution in [1.82, 2.24) is 15.5 Å². The van der Waals surface area contributed by atoms with Crippen molar-refractivity contribution in [2.45, 2.75) is 65.0 Å². The van der Waals surface area contributed by atoms with Gasteiger partial charge in [0.05, 0.1) is 30.6 Å². The molecule has 2 bridgehead atoms. The molecule has 0 fully saturated rings. The molecule has 0 saturated carbocycles. The number of allylic oxidation sites excluding steroid dienone is 4. The molecule has 1 aromatic rings. The highest BCUT2D eigenvalue weighted by Crippen LogP contribution is 2.35. The second-order valence-corrected chi connectivity index (χ2v) is 13.5. The fourth-order valence-electron chi connectivity index (χ4n) is 6.29. The first-order valence-electron chi connectivity index (χ1n) is 17.3. The van der Waals surface area contributed by atoms with Gasteiger partial charge in [-0.15, -0.1) is 0 Å². The van der Waals surface area contributed by atoms with Gasteiger partial charge in [0, 0.05) is 44.4 Å². The van der Waals surface area contributed by atoms with Crippen LogP contribution in [0.25, 0.3) is 5.57 Å². The van der Waals surface area contributed by atoms with Gasteiger partial charge in [-0.1, -0.05) is 50.3 Å². The Bertz CT molecular complexity index is 1620. The molecule has 6 atom stereocenters. The van der Waals surface area contributed by atoms with Crippen LogP contribution < -0.4 is 21.1 Å². The average Bonchev–Trinajstić information content (AvgIpc) is 3.10. The van der Waals surface area contributed by atoms with Gasteiger partial charge in [-0.25, -0.2) is 4.79 Å². The van der Waals surface area contributed by atoms with Crippen molar-refractivity contribution in [2.75, 3.05) is 48.5 Å². The zero-order valence-electron chi connectivity index (χ0n) is 31.6. The predicted octanol–water partition coefficient (Wildman–Crippen LogP) is 3.45. The van der Waals surface area contributed by atoms with E-state index >= 15 is 0 Å². The standard InChI is InChI=1S/C39H54N4O9/c1-22-19-28-32(41-17-18-43(5)6)36(46)31(26-13-15-27(49-7)16-14-26)33(35(28)45)42-38(47)23(2)11-10-12-29(50-8)37(52-39(40)48)25(4)21-24(3)34(44)30(20-22)51-9/h10-16,21-22,24,29-30,34,37,41,44H,17-20H2,1-9H3,(H2,40,48)(H,42,47)/t22-,24+,29+,30+,34-,37+/m1/s1. The number of benzene rings is 1. The zero-order valence-corrected chi connectivity index (χ0v) is 31.6. The van der Waals surface area contributed by atoms with E-state index in [1.807, 2.05) is 32.8 Å². The number of aliphatic hydroxyl groups excluding tert-OH is 1. The fraction of sp³-hybridized carbons (Fsp3) is 0.487. The molecule has 13 heteroatoms. The van der Waals surface area contributed by atoms with Crippen LogP contribution in [0.2, 0.25) is 0 Å². The highest BCUT2D eigenvalue weighted by Gasteiger charge is 2.38. The lowest BCUT2D eigenvalue weighted by atomic mass is 9.81. The lowest BCUT2D eigenvalue weighted by molar-refractivity contribution is -0.120. The molecule has 0 radical (unpaired) electrons. The molecule has 0 unspecified atom stereocenters. The third-order valence-corrected chi connectivity index (χ3v) is 9.19. The molecule has 1 aromatic carbocycles. The number of amides is 2. The van der Waals surface area contributed by atoms with E-state index < -0.39 is 53.9 Å². The van der Waals surface area contributed by atoms with Gasteiger partial charge in [0.15, 0.2) is 6.10 Å². The van der Waals surface area contributed by atoms with Gasteiger partial charge in [0.2, 0.25) is 11.6 Å². The summed E-state index contributed by atoms with van der Waals surface area (Å²) in [6.07, 6.45) is 2.51. The van der Waals surface area contributed by atoms with Gasteiger partial charge < -0.3 is 45.3 Å². The first-order chi connectivity index (χ1) is 24.6. The van der Waals surface area contributed by atoms with Gasteiger partial charge in [-0.05, 0) is 70.0 Å². The lowest BCUT2D eigenvalue weighted by Crippen LogP contribution is -2.40. The molecule has 1 aliphatic carbocycles. The molecule has 52 heavy (non-hydrogen) atoms. The van der Waals surface area contributed by atoms with Gasteiger partial charge in [-0.3, -0.25) is 14.4 Å². The van der Waals surface area contributed by atoms with E-state index in [4.69, 9.17) is 24.7 Å². The van der Waals surface area contributed by atoms with Crippen molar-refractivity contribution in [2.24, 2.45) is 17.6 Å². The summed E-state index contributed by atoms with van der Waals surface area (Å²) in [6, 6.07) is 6.69. The molecular formula is C39H54N4O9. The zero-order chi connectivity index (χ0) is 38.7. The number of carbonyl (C=O) groups is 4. The predicted molar refractivity (Wildman–Crippen MR) is 198 cm³/mol. The SMILES string of the molecule is COc1ccc(C2=C3NC(=O)C(C)=CC=C[C@H](OC)[C@@H](OC(N)=O)C(C)=C[C@H](C)[C@@H](O)[C@@H](OC)C[C@H](C)CC(=C(NCCN(C)C)C2=O)C3=O)cc1. The molecule has 1 aliphatic heterocycles. The number of fused-ring (bicyclic) bond motifs is 2. The molecule has 2 amide bonds. The lowest BCUT2D eigenvalue weighted by Gasteiger charge is -2.30. The summed E-state index contributed by atoms with van der Waals surface area (Å²) < 4.78 is 22.2. The normalized spacial score (nSPS) is 25.5. The minimum absolute atomic E-state index is 0.0467. The summed E-state index contributed by atoms with van der Waals surface area (Å²) in [5, 5.41) is 17.5. The topological polar surface area (TPSA) is 179 Å². The Hall–Kier alpha value is -4.56. The molecule has 0 spiro atoms. The Morgan fingerprint density at radius 1 is 1.04 bits per heavy atom. The molecule has 5 N–H and O–H groups in total. The Labute approximate surface area is 306 Å². The highest BCUT2D eigenvalue weighted by atomic mass is 16.6. The maximum Gasteiger partial charge on any atom is 0.405 e. The summed E-state index contributed by atoms with van der Waals surface area (Å²) in [5.41, 5.74) is 6.94. The summed E-state index contributed by atoms with van der Waals surface area (Å²) in [4.78, 5) is 56.7. The Morgan fingerprint density at radius 3 is 2.29 bits per heavy atom. The number of hydrogen-bond acceptors (Lipinski definition) is 11. The average molecular weight is 723 g/mol. The van der Waals surface area contributed by atoms with E-state index in [0.29, 0.717) is 36.4 Å². The molecule has 1 heterocycles. The summed E-state index contributed by atoms with van der Waals surface area (Å²) in [5.74, 6) is -1.70. The fourth-order valence-corrected chi connectivity index (χ4v) is 6.29. The van der Waals surface area contributed by atoms with Crippen LogP contribution in [0.5, 0.6) is 5.75 Å². The summed E-state index contributed by atoms with van der Waals surface area (Å²) >= 11 is 0. The summed E-state index contributed by atoms with van der Waals surface area (Å²) in [6.45, 7) is 8.01. The number of nitrogens with two attached hydrogens (primary N) is 1. The van der Waals surface area contributed by atoms with E-state index in [0.717, 1.165) is 0 Å². The number of aliphatic hydroxyl groups is 1. The van der Waals surface area contributed by atoms with Gasteiger partial charge in [-0.2, -0.15) is 0 Å². The first kappa shape index (κ1) is 41.9. The van der Waals surface area contributed by atoms with E-state index in [1.54, 1.807) is 56.3 Å². The van der Waals surface area contributed by atoms with E-state index in [-0.39, 0.29) is 40.5 Å². The number of methoxy groups -OCH3 is 3. The molecule has 284 valence electrons. The quantitative estimate of drug-likeness (QED) is 0.217. The van der Waals surface area contributed by atoms with Crippen molar-refractivity contribution in [3.8, 4) is 5.75 Å². The van der Waals surface area contributed by atoms with Crippen molar-refractivity contribution >= 4 is 29.1 Å². The summed E-state index contributed by atoms with van der Waals surface area (Å²) in [7, 11) is 8.27. The molecular weight excluding hydrogens is 668 g/mol. The Morgan fingerprint density at radius 2 is 1.71 bits per heavy atom. The van der Waals surface area contributed by atoms with Crippen LogP contribution in [-0.4, -0.2) is 107 Å². The minimum atomic E-state index is -1.01. The van der Waals surface area contributed by atoms with Crippen molar-refractivity contribution in [1.29, 1.82) is 0 Å². The number of ether oxygens (including phenoxy) is 4. The molecule has 0 saturated heterocycles. The third kappa shape index (κ3) is 10.7. The minimum Gasteiger partial charge on any atom is -0.497 e. The second-order valence-electron chi connectivity index (χ2n) is 13.5. The molecule has 3 rings (SSSR count). The Balaban J connectivity index is 2.25. The Kier molecular flexibility index (Phi) is 15.6. The van der Waals surface area contributed by atoms with E-state index in [1.165, 1.54) is 27.4 Å². The van der Waals surface area contributed by atoms with Crippen LogP contribution in [0.3, 0.4) is 0 Å². The van der Waals surface area contributed by atoms with Crippen LogP contribution in [0.15, 0.2) is 76.7 Å². The number of Topliss-reactive ketones (excluding diaryl/α,β-unsaturated/α-hetero) is 2. The third-order valence-electron chi connectivity index (χ3n) is 9.19. The number of ketones is 2. The van der Waals surface area contributed by atoms with Gasteiger partial charge >= 0.3 is 6.09 Å². The monoisotopic (exact) mass is 722 g/mol. The van der Waals surface area contributed by atoms with Crippen LogP contribution in [0, 0.1) is 11.8 Å². The number of primary amides is 1. The van der Waals surface area contributed by atoms with E-state index in [9.17, 15) is 24.3 Å². The van der Waals surface area contributed by atoms with Gasteiger partial charge in [0.1, 0.15) is 17.6 Å². The number of rotatable bonds is 9. The maximum absolute atomic E-state index is 14.6. The highest BCUT2D eigenvalue weighted by molar-refractivity contribution is 6.39. The van der Waals surface area contributed by atoms with Crippen LogP contribution >= 0.6 is 0 Å². The number of likely N-dealkylation sites (N-methyl/N-ethyl adjacent to an activating group) is 1. The largest absolute Gasteiger partial charge is 0.497 e. The molecule has 13 nitrogen and oxygen atoms in total. The van der Waals surface area contributed by atoms with Crippen LogP contribution in [-0.2, 0) is 28.6 Å². The van der Waals surface area contributed by atoms with Crippen molar-refractivity contribution in [3.63, 3.8) is 0 Å². The van der Waals surface area contributed by atoms with E-state index in [2.05, 4.69) is 10.6 Å². The van der Waals surface area contributed by atoms with Crippen molar-refractivity contribution in [3.05, 3.63) is 82.2 Å². The first-order valence-corrected chi connectivity index (χ1v) is 17.3. The van der Waals surface area contributed by atoms with Crippen LogP contribution in [0.1, 0.15) is 46.1 Å². The van der Waals surface area contributed by atoms with Crippen molar-refractivity contribution < 1.29 is 43.2 Å². The number of nitrogens with zero attached hydrogens (tertiary/aromatic N) is 1. The smallest absolute Gasteiger partial charge is 0.405 e. The number of nitrogens with one attached hydrogen (secondary N) is 2. The molecule has 2 aliphatic rings. The second kappa shape index (κ2) is 19.3. The molecule has 0 aromatic heterocycles. The van der Waals surface area contributed by atoms with Gasteiger partial charge in [0.25, 0.3) is 5.91 Å².